The average molecular weight is 293 g/mol. The quantitative estimate of drug-likeness (QED) is 0.610. The van der Waals surface area contributed by atoms with E-state index in [1.807, 2.05) is 24.3 Å². The molecule has 108 valence electrons. The Morgan fingerprint density at radius 2 is 2.05 bits per heavy atom. The number of rotatable bonds is 7. The maximum Gasteiger partial charge on any atom is 0.522 e. The van der Waals surface area contributed by atoms with Gasteiger partial charge in [0.05, 0.1) is 6.61 Å². The van der Waals surface area contributed by atoms with Crippen molar-refractivity contribution in [3.8, 4) is 0 Å². The third kappa shape index (κ3) is 8.13. The average Bonchev–Trinajstić information content (AvgIpc) is 2.32. The number of halogens is 3. The smallest absolute Gasteiger partial charge is 0.310 e. The number of hydrogen-bond donors (Lipinski definition) is 1. The molecule has 0 aromatic heterocycles. The van der Waals surface area contributed by atoms with Crippen molar-refractivity contribution in [2.75, 3.05) is 12.4 Å². The van der Waals surface area contributed by atoms with Crippen LogP contribution in [-0.2, 0) is 11.3 Å². The molecule has 0 atom stereocenters. The summed E-state index contributed by atoms with van der Waals surface area (Å²) in [7, 11) is 0. The van der Waals surface area contributed by atoms with Gasteiger partial charge in [0, 0.05) is 23.2 Å². The first kappa shape index (κ1) is 16.3. The van der Waals surface area contributed by atoms with Crippen molar-refractivity contribution in [1.29, 1.82) is 0 Å². The van der Waals surface area contributed by atoms with E-state index < -0.39 is 6.36 Å². The normalized spacial score (nSPS) is 12.1. The summed E-state index contributed by atoms with van der Waals surface area (Å²) in [5.41, 5.74) is 1.12. The lowest BCUT2D eigenvalue weighted by Crippen LogP contribution is -2.21. The molecule has 0 radical (unpaired) electrons. The molecule has 1 N–H and O–H groups in total. The van der Waals surface area contributed by atoms with Crippen LogP contribution < -0.4 is 5.32 Å². The Hall–Kier alpha value is -0.720. The van der Waals surface area contributed by atoms with Gasteiger partial charge in [0.15, 0.2) is 0 Å². The molecule has 0 unspecified atom stereocenters. The van der Waals surface area contributed by atoms with Crippen LogP contribution >= 0.6 is 11.8 Å². The number of hydrogen-bond acceptors (Lipinski definition) is 3. The van der Waals surface area contributed by atoms with Crippen LogP contribution in [0, 0.1) is 0 Å². The van der Waals surface area contributed by atoms with E-state index >= 15 is 0 Å². The van der Waals surface area contributed by atoms with Gasteiger partial charge in [0.1, 0.15) is 0 Å². The molecule has 0 aliphatic carbocycles. The number of thioether (sulfide) groups is 1. The Labute approximate surface area is 115 Å². The fraction of sp³-hybridized carbons (Fsp3) is 0.538. The van der Waals surface area contributed by atoms with Crippen molar-refractivity contribution >= 4 is 11.8 Å². The minimum absolute atomic E-state index is 0.278. The number of alkyl halides is 3. The minimum Gasteiger partial charge on any atom is -0.310 e. The van der Waals surface area contributed by atoms with Crippen molar-refractivity contribution in [2.45, 2.75) is 37.7 Å². The third-order valence-electron chi connectivity index (χ3n) is 2.23. The first-order valence-electron chi connectivity index (χ1n) is 6.02. The Kier molecular flexibility index (Phi) is 6.68. The van der Waals surface area contributed by atoms with Crippen LogP contribution in [0.3, 0.4) is 0 Å². The van der Waals surface area contributed by atoms with Crippen LogP contribution in [0.1, 0.15) is 19.4 Å². The van der Waals surface area contributed by atoms with E-state index in [-0.39, 0.29) is 12.4 Å². The maximum atomic E-state index is 11.8. The van der Waals surface area contributed by atoms with Crippen LogP contribution in [0.2, 0.25) is 0 Å². The predicted molar refractivity (Wildman–Crippen MR) is 71.1 cm³/mol. The van der Waals surface area contributed by atoms with Gasteiger partial charge in [-0.05, 0) is 17.7 Å². The molecular formula is C13H18F3NOS. The van der Waals surface area contributed by atoms with Crippen molar-refractivity contribution < 1.29 is 17.9 Å². The van der Waals surface area contributed by atoms with E-state index in [1.165, 1.54) is 11.8 Å². The highest BCUT2D eigenvalue weighted by molar-refractivity contribution is 7.99. The summed E-state index contributed by atoms with van der Waals surface area (Å²) in [4.78, 5) is 0.953. The van der Waals surface area contributed by atoms with Crippen molar-refractivity contribution in [1.82, 2.24) is 5.32 Å². The molecule has 1 aromatic carbocycles. The van der Waals surface area contributed by atoms with Gasteiger partial charge in [-0.2, -0.15) is 0 Å². The van der Waals surface area contributed by atoms with E-state index in [0.29, 0.717) is 6.04 Å². The Morgan fingerprint density at radius 1 is 1.32 bits per heavy atom. The van der Waals surface area contributed by atoms with Gasteiger partial charge in [-0.25, -0.2) is 0 Å². The highest BCUT2D eigenvalue weighted by Crippen LogP contribution is 2.21. The lowest BCUT2D eigenvalue weighted by molar-refractivity contribution is -0.322. The van der Waals surface area contributed by atoms with Crippen LogP contribution in [0.25, 0.3) is 0 Å². The molecular weight excluding hydrogens is 275 g/mol. The predicted octanol–water partition coefficient (Wildman–Crippen LogP) is 3.81. The summed E-state index contributed by atoms with van der Waals surface area (Å²) in [6.07, 6.45) is -4.54. The van der Waals surface area contributed by atoms with E-state index in [2.05, 4.69) is 23.9 Å². The zero-order chi connectivity index (χ0) is 14.3. The van der Waals surface area contributed by atoms with Crippen LogP contribution in [0.15, 0.2) is 29.2 Å². The number of nitrogens with one attached hydrogen (secondary N) is 1. The van der Waals surface area contributed by atoms with E-state index in [4.69, 9.17) is 0 Å². The number of ether oxygens (including phenoxy) is 1. The van der Waals surface area contributed by atoms with Gasteiger partial charge in [-0.3, -0.25) is 4.74 Å². The highest BCUT2D eigenvalue weighted by Gasteiger charge is 2.28. The van der Waals surface area contributed by atoms with E-state index in [9.17, 15) is 13.2 Å². The highest BCUT2D eigenvalue weighted by atomic mass is 32.2. The monoisotopic (exact) mass is 293 g/mol. The second kappa shape index (κ2) is 7.77. The summed E-state index contributed by atoms with van der Waals surface area (Å²) in [5, 5.41) is 3.29. The van der Waals surface area contributed by atoms with Gasteiger partial charge >= 0.3 is 6.36 Å². The van der Waals surface area contributed by atoms with Crippen LogP contribution in [0.4, 0.5) is 13.2 Å². The Bertz CT molecular complexity index is 382. The Morgan fingerprint density at radius 3 is 2.68 bits per heavy atom. The molecule has 6 heteroatoms. The molecule has 1 aromatic rings. The van der Waals surface area contributed by atoms with E-state index in [0.717, 1.165) is 17.0 Å². The first-order chi connectivity index (χ1) is 8.87. The summed E-state index contributed by atoms with van der Waals surface area (Å²) in [5.74, 6) is 0.278. The molecule has 19 heavy (non-hydrogen) atoms. The third-order valence-corrected chi connectivity index (χ3v) is 3.19. The SMILES string of the molecule is CC(C)NCc1cccc(SCCOC(F)(F)F)c1. The van der Waals surface area contributed by atoms with Crippen molar-refractivity contribution in [2.24, 2.45) is 0 Å². The summed E-state index contributed by atoms with van der Waals surface area (Å²) < 4.78 is 39.1. The molecule has 0 saturated heterocycles. The minimum atomic E-state index is -4.54. The second-order valence-electron chi connectivity index (χ2n) is 4.33. The topological polar surface area (TPSA) is 21.3 Å². The van der Waals surface area contributed by atoms with Gasteiger partial charge in [0.25, 0.3) is 0 Å². The van der Waals surface area contributed by atoms with Gasteiger partial charge in [-0.15, -0.1) is 24.9 Å². The van der Waals surface area contributed by atoms with E-state index in [1.54, 1.807) is 0 Å². The molecule has 2 nitrogen and oxygen atoms in total. The second-order valence-corrected chi connectivity index (χ2v) is 5.49. The largest absolute Gasteiger partial charge is 0.522 e. The molecule has 0 aliphatic rings. The zero-order valence-corrected chi connectivity index (χ0v) is 11.8. The molecule has 0 spiro atoms. The summed E-state index contributed by atoms with van der Waals surface area (Å²) >= 11 is 1.36. The summed E-state index contributed by atoms with van der Waals surface area (Å²) in [6, 6.07) is 8.16. The molecule has 0 amide bonds. The van der Waals surface area contributed by atoms with Crippen LogP contribution in [0.5, 0.6) is 0 Å². The lowest BCUT2D eigenvalue weighted by atomic mass is 10.2. The van der Waals surface area contributed by atoms with Gasteiger partial charge in [-0.1, -0.05) is 26.0 Å². The molecule has 0 saturated carbocycles. The Balaban J connectivity index is 2.35. The molecule has 1 rings (SSSR count). The lowest BCUT2D eigenvalue weighted by Gasteiger charge is -2.10. The summed E-state index contributed by atoms with van der Waals surface area (Å²) in [6.45, 7) is 4.55. The molecule has 0 heterocycles. The fourth-order valence-electron chi connectivity index (χ4n) is 1.38. The van der Waals surface area contributed by atoms with Gasteiger partial charge < -0.3 is 5.32 Å². The fourth-order valence-corrected chi connectivity index (χ4v) is 2.20. The zero-order valence-electron chi connectivity index (χ0n) is 11.0. The van der Waals surface area contributed by atoms with Gasteiger partial charge in [0.2, 0.25) is 0 Å². The standard InChI is InChI=1S/C13H18F3NOS/c1-10(2)17-9-11-4-3-5-12(8-11)19-7-6-18-13(14,15)16/h3-5,8,10,17H,6-7,9H2,1-2H3. The molecule has 0 bridgehead atoms. The molecule has 0 fully saturated rings. The van der Waals surface area contributed by atoms with Crippen molar-refractivity contribution in [3.05, 3.63) is 29.8 Å². The number of benzene rings is 1. The van der Waals surface area contributed by atoms with Crippen LogP contribution in [-0.4, -0.2) is 24.8 Å². The molecule has 0 aliphatic heterocycles. The van der Waals surface area contributed by atoms with Crippen molar-refractivity contribution in [3.63, 3.8) is 0 Å². The first-order valence-corrected chi connectivity index (χ1v) is 7.01. The maximum absolute atomic E-state index is 11.8.